The maximum atomic E-state index is 12.1. The number of carboxylic acid groups (broad SMARTS) is 1. The topological polar surface area (TPSA) is 69.6 Å². The highest BCUT2D eigenvalue weighted by Gasteiger charge is 2.28. The molecule has 1 aromatic rings. The van der Waals surface area contributed by atoms with Gasteiger partial charge in [-0.3, -0.25) is 4.79 Å². The highest BCUT2D eigenvalue weighted by molar-refractivity contribution is 9.10. The Morgan fingerprint density at radius 3 is 2.89 bits per heavy atom. The molecule has 0 radical (unpaired) electrons. The maximum Gasteiger partial charge on any atom is 0.321 e. The van der Waals surface area contributed by atoms with E-state index in [1.54, 1.807) is 17.0 Å². The van der Waals surface area contributed by atoms with Crippen LogP contribution in [-0.4, -0.2) is 35.1 Å². The first kappa shape index (κ1) is 13.9. The summed E-state index contributed by atoms with van der Waals surface area (Å²) in [6, 6.07) is 7.05. The normalized spacial score (nSPS) is 19.0. The van der Waals surface area contributed by atoms with Gasteiger partial charge in [-0.1, -0.05) is 22.0 Å². The van der Waals surface area contributed by atoms with Crippen LogP contribution in [0, 0.1) is 5.92 Å². The molecule has 2 amide bonds. The van der Waals surface area contributed by atoms with E-state index in [0.717, 1.165) is 10.9 Å². The molecule has 1 fully saturated rings. The van der Waals surface area contributed by atoms with Gasteiger partial charge in [0.05, 0.1) is 5.92 Å². The molecular formula is C13H15BrN2O3. The quantitative estimate of drug-likeness (QED) is 0.877. The standard InChI is InChI=1S/C13H15BrN2O3/c14-10-4-1-5-11(7-10)15-13(19)16-6-2-3-9(8-16)12(17)18/h1,4-5,7,9H,2-3,6,8H2,(H,15,19)(H,17,18). The van der Waals surface area contributed by atoms with E-state index < -0.39 is 11.9 Å². The van der Waals surface area contributed by atoms with E-state index in [-0.39, 0.29) is 12.6 Å². The fourth-order valence-electron chi connectivity index (χ4n) is 2.13. The predicted octanol–water partition coefficient (Wildman–Crippen LogP) is 2.78. The summed E-state index contributed by atoms with van der Waals surface area (Å²) in [4.78, 5) is 24.6. The van der Waals surface area contributed by atoms with Gasteiger partial charge in [0.15, 0.2) is 0 Å². The Kier molecular flexibility index (Phi) is 4.42. The van der Waals surface area contributed by atoms with E-state index in [9.17, 15) is 9.59 Å². The molecule has 1 aliphatic rings. The number of urea groups is 1. The van der Waals surface area contributed by atoms with Gasteiger partial charge in [0, 0.05) is 23.2 Å². The van der Waals surface area contributed by atoms with Gasteiger partial charge < -0.3 is 15.3 Å². The van der Waals surface area contributed by atoms with E-state index in [2.05, 4.69) is 21.2 Å². The number of carboxylic acids is 1. The molecule has 1 heterocycles. The summed E-state index contributed by atoms with van der Waals surface area (Å²) in [5.41, 5.74) is 0.692. The zero-order chi connectivity index (χ0) is 13.8. The zero-order valence-corrected chi connectivity index (χ0v) is 11.9. The summed E-state index contributed by atoms with van der Waals surface area (Å²) >= 11 is 3.33. The van der Waals surface area contributed by atoms with Crippen LogP contribution in [0.3, 0.4) is 0 Å². The molecule has 5 nitrogen and oxygen atoms in total. The second-order valence-corrected chi connectivity index (χ2v) is 5.48. The first-order valence-corrected chi connectivity index (χ1v) is 6.90. The minimum Gasteiger partial charge on any atom is -0.481 e. The number of piperidine rings is 1. The van der Waals surface area contributed by atoms with Crippen molar-refractivity contribution in [1.29, 1.82) is 0 Å². The Morgan fingerprint density at radius 2 is 2.21 bits per heavy atom. The van der Waals surface area contributed by atoms with Crippen LogP contribution in [-0.2, 0) is 4.79 Å². The summed E-state index contributed by atoms with van der Waals surface area (Å²) in [6.45, 7) is 0.874. The van der Waals surface area contributed by atoms with Gasteiger partial charge in [-0.15, -0.1) is 0 Å². The van der Waals surface area contributed by atoms with Crippen LogP contribution < -0.4 is 5.32 Å². The fraction of sp³-hybridized carbons (Fsp3) is 0.385. The van der Waals surface area contributed by atoms with Crippen LogP contribution in [0.2, 0.25) is 0 Å². The van der Waals surface area contributed by atoms with Gasteiger partial charge in [0.25, 0.3) is 0 Å². The Balaban J connectivity index is 1.98. The van der Waals surface area contributed by atoms with Gasteiger partial charge in [0.1, 0.15) is 0 Å². The van der Waals surface area contributed by atoms with Crippen LogP contribution in [0.1, 0.15) is 12.8 Å². The van der Waals surface area contributed by atoms with E-state index in [1.165, 1.54) is 0 Å². The molecule has 1 atom stereocenters. The van der Waals surface area contributed by atoms with Crippen molar-refractivity contribution in [3.8, 4) is 0 Å². The van der Waals surface area contributed by atoms with Gasteiger partial charge in [0.2, 0.25) is 0 Å². The molecule has 1 saturated heterocycles. The third-order valence-electron chi connectivity index (χ3n) is 3.13. The Bertz CT molecular complexity index is 493. The van der Waals surface area contributed by atoms with Gasteiger partial charge in [-0.25, -0.2) is 4.79 Å². The number of halogens is 1. The SMILES string of the molecule is O=C(O)C1CCCN(C(=O)Nc2cccc(Br)c2)C1. The van der Waals surface area contributed by atoms with Gasteiger partial charge in [-0.2, -0.15) is 0 Å². The lowest BCUT2D eigenvalue weighted by Crippen LogP contribution is -2.44. The van der Waals surface area contributed by atoms with Crippen molar-refractivity contribution >= 4 is 33.6 Å². The predicted molar refractivity (Wildman–Crippen MR) is 75.1 cm³/mol. The van der Waals surface area contributed by atoms with Crippen molar-refractivity contribution < 1.29 is 14.7 Å². The number of nitrogens with zero attached hydrogens (tertiary/aromatic N) is 1. The average molecular weight is 327 g/mol. The summed E-state index contributed by atoms with van der Waals surface area (Å²) in [6.07, 6.45) is 1.36. The van der Waals surface area contributed by atoms with Crippen LogP contribution in [0.25, 0.3) is 0 Å². The summed E-state index contributed by atoms with van der Waals surface area (Å²) in [5.74, 6) is -1.29. The number of nitrogens with one attached hydrogen (secondary N) is 1. The molecule has 1 aromatic carbocycles. The van der Waals surface area contributed by atoms with Crippen LogP contribution in [0.15, 0.2) is 28.7 Å². The molecule has 0 saturated carbocycles. The van der Waals surface area contributed by atoms with E-state index in [4.69, 9.17) is 5.11 Å². The zero-order valence-electron chi connectivity index (χ0n) is 10.3. The lowest BCUT2D eigenvalue weighted by atomic mass is 9.99. The first-order valence-electron chi connectivity index (χ1n) is 6.10. The Morgan fingerprint density at radius 1 is 1.42 bits per heavy atom. The largest absolute Gasteiger partial charge is 0.481 e. The smallest absolute Gasteiger partial charge is 0.321 e. The molecule has 6 heteroatoms. The van der Waals surface area contributed by atoms with Crippen LogP contribution >= 0.6 is 15.9 Å². The minimum atomic E-state index is -0.833. The number of rotatable bonds is 2. The van der Waals surface area contributed by atoms with Gasteiger partial charge in [-0.05, 0) is 31.0 Å². The number of carbonyl (C=O) groups is 2. The van der Waals surface area contributed by atoms with Crippen molar-refractivity contribution in [2.75, 3.05) is 18.4 Å². The summed E-state index contributed by atoms with van der Waals surface area (Å²) in [5, 5.41) is 11.8. The number of likely N-dealkylation sites (tertiary alicyclic amines) is 1. The van der Waals surface area contributed by atoms with E-state index in [1.807, 2.05) is 12.1 Å². The molecule has 0 aromatic heterocycles. The third kappa shape index (κ3) is 3.70. The minimum absolute atomic E-state index is 0.246. The molecule has 2 rings (SSSR count). The molecule has 0 bridgehead atoms. The summed E-state index contributed by atoms with van der Waals surface area (Å²) < 4.78 is 0.882. The van der Waals surface area contributed by atoms with Gasteiger partial charge >= 0.3 is 12.0 Å². The average Bonchev–Trinajstić information content (AvgIpc) is 2.39. The Hall–Kier alpha value is -1.56. The molecule has 1 aliphatic heterocycles. The lowest BCUT2D eigenvalue weighted by molar-refractivity contribution is -0.143. The number of amides is 2. The highest BCUT2D eigenvalue weighted by Crippen LogP contribution is 2.19. The van der Waals surface area contributed by atoms with E-state index in [0.29, 0.717) is 18.7 Å². The van der Waals surface area contributed by atoms with Crippen molar-refractivity contribution in [2.45, 2.75) is 12.8 Å². The lowest BCUT2D eigenvalue weighted by Gasteiger charge is -2.30. The van der Waals surface area contributed by atoms with Crippen molar-refractivity contribution in [1.82, 2.24) is 4.90 Å². The van der Waals surface area contributed by atoms with E-state index >= 15 is 0 Å². The number of carbonyl (C=O) groups excluding carboxylic acids is 1. The molecular weight excluding hydrogens is 312 g/mol. The molecule has 0 aliphatic carbocycles. The molecule has 0 spiro atoms. The highest BCUT2D eigenvalue weighted by atomic mass is 79.9. The third-order valence-corrected chi connectivity index (χ3v) is 3.63. The maximum absolute atomic E-state index is 12.1. The van der Waals surface area contributed by atoms with Crippen molar-refractivity contribution in [3.05, 3.63) is 28.7 Å². The molecule has 19 heavy (non-hydrogen) atoms. The molecule has 102 valence electrons. The van der Waals surface area contributed by atoms with Crippen molar-refractivity contribution in [2.24, 2.45) is 5.92 Å². The number of aliphatic carboxylic acids is 1. The molecule has 1 unspecified atom stereocenters. The van der Waals surface area contributed by atoms with Crippen LogP contribution in [0.4, 0.5) is 10.5 Å². The number of hydrogen-bond donors (Lipinski definition) is 2. The van der Waals surface area contributed by atoms with Crippen molar-refractivity contribution in [3.63, 3.8) is 0 Å². The first-order chi connectivity index (χ1) is 9.06. The summed E-state index contributed by atoms with van der Waals surface area (Å²) in [7, 11) is 0. The second kappa shape index (κ2) is 6.06. The number of anilines is 1. The Labute approximate surface area is 119 Å². The molecule has 2 N–H and O–H groups in total. The van der Waals surface area contributed by atoms with Crippen LogP contribution in [0.5, 0.6) is 0 Å². The second-order valence-electron chi connectivity index (χ2n) is 4.56. The monoisotopic (exact) mass is 326 g/mol. The number of hydrogen-bond acceptors (Lipinski definition) is 2. The fourth-order valence-corrected chi connectivity index (χ4v) is 2.53. The number of benzene rings is 1.